The van der Waals surface area contributed by atoms with E-state index in [2.05, 4.69) is 15.3 Å². The van der Waals surface area contributed by atoms with Crippen LogP contribution in [0.25, 0.3) is 0 Å². The molecule has 2 aromatic carbocycles. The third-order valence-corrected chi connectivity index (χ3v) is 7.23. The summed E-state index contributed by atoms with van der Waals surface area (Å²) in [5.41, 5.74) is 1.54. The molecule has 3 aromatic rings. The molecular formula is C27H24F6N4O2. The van der Waals surface area contributed by atoms with Gasteiger partial charge in [0.15, 0.2) is 11.6 Å². The van der Waals surface area contributed by atoms with E-state index in [4.69, 9.17) is 4.74 Å². The number of alkyl carbamates (subject to hydrolysis) is 1. The molecule has 3 atom stereocenters. The number of hydrogen-bond donors (Lipinski definition) is 1. The van der Waals surface area contributed by atoms with Gasteiger partial charge in [0, 0.05) is 48.9 Å². The van der Waals surface area contributed by atoms with Gasteiger partial charge < -0.3 is 10.1 Å². The summed E-state index contributed by atoms with van der Waals surface area (Å²) in [6, 6.07) is 9.32. The number of nitrogens with zero attached hydrogens (tertiary/aromatic N) is 3. The fraction of sp³-hybridized carbons (Fsp3) is 0.370. The van der Waals surface area contributed by atoms with Crippen molar-refractivity contribution in [2.75, 3.05) is 0 Å². The summed E-state index contributed by atoms with van der Waals surface area (Å²) in [6.07, 6.45) is -3.19. The number of aromatic nitrogens is 2. The Labute approximate surface area is 220 Å². The molecule has 1 saturated carbocycles. The lowest BCUT2D eigenvalue weighted by Gasteiger charge is -2.40. The van der Waals surface area contributed by atoms with Crippen LogP contribution in [0.4, 0.5) is 31.1 Å². The van der Waals surface area contributed by atoms with E-state index in [0.29, 0.717) is 31.0 Å². The van der Waals surface area contributed by atoms with E-state index < -0.39 is 47.5 Å². The highest BCUT2D eigenvalue weighted by molar-refractivity contribution is 5.68. The van der Waals surface area contributed by atoms with Crippen LogP contribution >= 0.6 is 0 Å². The second-order valence-corrected chi connectivity index (χ2v) is 9.74. The molecule has 1 aliphatic heterocycles. The lowest BCUT2D eigenvalue weighted by atomic mass is 9.77. The number of carbonyl (C=O) groups is 1. The molecule has 0 radical (unpaired) electrons. The zero-order chi connectivity index (χ0) is 27.7. The summed E-state index contributed by atoms with van der Waals surface area (Å²) in [5, 5.41) is 2.76. The smallest absolute Gasteiger partial charge is 0.445 e. The van der Waals surface area contributed by atoms with Crippen molar-refractivity contribution in [3.05, 3.63) is 94.3 Å². The van der Waals surface area contributed by atoms with Crippen molar-refractivity contribution >= 4 is 6.09 Å². The summed E-state index contributed by atoms with van der Waals surface area (Å²) >= 11 is 0. The van der Waals surface area contributed by atoms with E-state index in [1.54, 1.807) is 24.3 Å². The second-order valence-electron chi connectivity index (χ2n) is 9.74. The highest BCUT2D eigenvalue weighted by Gasteiger charge is 2.40. The van der Waals surface area contributed by atoms with E-state index in [9.17, 15) is 31.1 Å². The van der Waals surface area contributed by atoms with Crippen LogP contribution in [0.5, 0.6) is 0 Å². The maximum absolute atomic E-state index is 14.7. The summed E-state index contributed by atoms with van der Waals surface area (Å²) in [6.45, 7) is 0.461. The van der Waals surface area contributed by atoms with Crippen LogP contribution in [-0.4, -0.2) is 33.0 Å². The first-order valence-electron chi connectivity index (χ1n) is 12.4. The summed E-state index contributed by atoms with van der Waals surface area (Å²) in [5.74, 6) is -5.33. The Bertz CT molecular complexity index is 1350. The van der Waals surface area contributed by atoms with Gasteiger partial charge in [-0.05, 0) is 36.5 Å². The first kappa shape index (κ1) is 26.9. The monoisotopic (exact) mass is 550 g/mol. The Morgan fingerprint density at radius 3 is 2.51 bits per heavy atom. The van der Waals surface area contributed by atoms with Gasteiger partial charge >= 0.3 is 12.3 Å². The predicted octanol–water partition coefficient (Wildman–Crippen LogP) is 5.86. The maximum Gasteiger partial charge on any atom is 0.451 e. The van der Waals surface area contributed by atoms with E-state index >= 15 is 0 Å². The van der Waals surface area contributed by atoms with Crippen LogP contribution in [-0.2, 0) is 30.6 Å². The Balaban J connectivity index is 1.33. The number of nitrogens with one attached hydrogen (secondary N) is 1. The number of rotatable bonds is 5. The molecule has 12 heteroatoms. The van der Waals surface area contributed by atoms with Crippen molar-refractivity contribution in [2.45, 2.75) is 63.1 Å². The number of halogens is 6. The number of fused-ring (bicyclic) bond motifs is 1. The van der Waals surface area contributed by atoms with Crippen LogP contribution in [0.2, 0.25) is 0 Å². The fourth-order valence-electron chi connectivity index (χ4n) is 5.32. The second kappa shape index (κ2) is 10.8. The lowest BCUT2D eigenvalue weighted by Crippen LogP contribution is -2.48. The summed E-state index contributed by atoms with van der Waals surface area (Å²) < 4.78 is 86.9. The molecule has 0 spiro atoms. The molecule has 6 nitrogen and oxygen atoms in total. The minimum absolute atomic E-state index is 0.00529. The number of benzene rings is 2. The van der Waals surface area contributed by atoms with E-state index in [-0.39, 0.29) is 36.9 Å². The van der Waals surface area contributed by atoms with Gasteiger partial charge in [-0.15, -0.1) is 0 Å². The van der Waals surface area contributed by atoms with E-state index in [0.717, 1.165) is 11.6 Å². The van der Waals surface area contributed by atoms with Crippen LogP contribution in [0.3, 0.4) is 0 Å². The molecule has 1 aliphatic carbocycles. The topological polar surface area (TPSA) is 67.4 Å². The van der Waals surface area contributed by atoms with E-state index in [1.807, 2.05) is 11.0 Å². The normalized spacial score (nSPS) is 21.4. The van der Waals surface area contributed by atoms with Gasteiger partial charge in [-0.1, -0.05) is 30.3 Å². The number of amides is 1. The Kier molecular flexibility index (Phi) is 7.48. The van der Waals surface area contributed by atoms with Crippen LogP contribution < -0.4 is 5.32 Å². The van der Waals surface area contributed by atoms with Crippen LogP contribution in [0.15, 0.2) is 48.7 Å². The standard InChI is InChI=1S/C27H24F6N4O2/c28-20-10-22(30)21(29)9-19(20)18-7-6-17(8-23(18)36-26(38)39-14-15-4-2-1-3-5-15)37-12-16-11-34-25(27(31,32)33)35-24(16)13-37/h1-5,9-11,17-18,23H,6-8,12-14H2,(H,36,38)/t17-,18+,23-/m0/s1. The molecule has 5 rings (SSSR count). The molecule has 2 aliphatic rings. The molecule has 2 heterocycles. The quantitative estimate of drug-likeness (QED) is 0.319. The van der Waals surface area contributed by atoms with Gasteiger partial charge in [0.25, 0.3) is 0 Å². The Morgan fingerprint density at radius 1 is 1.03 bits per heavy atom. The van der Waals surface area contributed by atoms with Crippen molar-refractivity contribution < 1.29 is 35.9 Å². The number of hydrogen-bond acceptors (Lipinski definition) is 5. The summed E-state index contributed by atoms with van der Waals surface area (Å²) in [4.78, 5) is 21.8. The van der Waals surface area contributed by atoms with Crippen molar-refractivity contribution in [3.8, 4) is 0 Å². The van der Waals surface area contributed by atoms with Crippen molar-refractivity contribution in [1.82, 2.24) is 20.2 Å². The van der Waals surface area contributed by atoms with Gasteiger partial charge in [-0.25, -0.2) is 27.9 Å². The van der Waals surface area contributed by atoms with Crippen molar-refractivity contribution in [1.29, 1.82) is 0 Å². The highest BCUT2D eigenvalue weighted by Crippen LogP contribution is 2.39. The number of alkyl halides is 3. The van der Waals surface area contributed by atoms with Gasteiger partial charge in [0.05, 0.1) is 5.69 Å². The van der Waals surface area contributed by atoms with Crippen LogP contribution in [0, 0.1) is 17.5 Å². The Hall–Kier alpha value is -3.67. The van der Waals surface area contributed by atoms with E-state index in [1.165, 1.54) is 6.20 Å². The molecule has 1 aromatic heterocycles. The summed E-state index contributed by atoms with van der Waals surface area (Å²) in [7, 11) is 0. The molecule has 1 amide bonds. The zero-order valence-electron chi connectivity index (χ0n) is 20.5. The minimum Gasteiger partial charge on any atom is -0.445 e. The average Bonchev–Trinajstić information content (AvgIpc) is 3.34. The molecule has 1 fully saturated rings. The molecule has 0 unspecified atom stereocenters. The molecule has 0 bridgehead atoms. The molecule has 1 N–H and O–H groups in total. The van der Waals surface area contributed by atoms with Gasteiger partial charge in [0.2, 0.25) is 5.82 Å². The third-order valence-electron chi connectivity index (χ3n) is 7.23. The maximum atomic E-state index is 14.7. The third kappa shape index (κ3) is 6.00. The molecule has 39 heavy (non-hydrogen) atoms. The van der Waals surface area contributed by atoms with Gasteiger partial charge in [-0.2, -0.15) is 13.2 Å². The molecule has 206 valence electrons. The number of ether oxygens (including phenoxy) is 1. The SMILES string of the molecule is O=C(N[C@H]1C[C@@H](N2Cc3cnc(C(F)(F)F)nc3C2)CC[C@@H]1c1cc(F)c(F)cc1F)OCc1ccccc1. The lowest BCUT2D eigenvalue weighted by molar-refractivity contribution is -0.145. The Morgan fingerprint density at radius 2 is 1.77 bits per heavy atom. The van der Waals surface area contributed by atoms with Crippen LogP contribution in [0.1, 0.15) is 53.4 Å². The van der Waals surface area contributed by atoms with Crippen molar-refractivity contribution in [2.24, 2.45) is 0 Å². The highest BCUT2D eigenvalue weighted by atomic mass is 19.4. The average molecular weight is 551 g/mol. The fourth-order valence-corrected chi connectivity index (χ4v) is 5.32. The van der Waals surface area contributed by atoms with Gasteiger partial charge in [0.1, 0.15) is 12.4 Å². The van der Waals surface area contributed by atoms with Gasteiger partial charge in [-0.3, -0.25) is 4.90 Å². The number of carbonyl (C=O) groups excluding carboxylic acids is 1. The van der Waals surface area contributed by atoms with Crippen molar-refractivity contribution in [3.63, 3.8) is 0 Å². The molecular weight excluding hydrogens is 526 g/mol. The predicted molar refractivity (Wildman–Crippen MR) is 127 cm³/mol. The first-order chi connectivity index (χ1) is 18.6. The first-order valence-corrected chi connectivity index (χ1v) is 12.4. The largest absolute Gasteiger partial charge is 0.451 e. The molecule has 0 saturated heterocycles. The minimum atomic E-state index is -4.66. The zero-order valence-corrected chi connectivity index (χ0v) is 20.5.